The number of hydrogen-bond acceptors (Lipinski definition) is 6. The summed E-state index contributed by atoms with van der Waals surface area (Å²) >= 11 is 0. The monoisotopic (exact) mass is 208 g/mol. The first-order chi connectivity index (χ1) is 6.14. The fourth-order valence-corrected chi connectivity index (χ4v) is 2.72. The molecule has 2 aliphatic rings. The lowest BCUT2D eigenvalue weighted by Crippen LogP contribution is -2.22. The van der Waals surface area contributed by atoms with Gasteiger partial charge in [-0.05, 0) is 6.92 Å². The molecule has 6 nitrogen and oxygen atoms in total. The van der Waals surface area contributed by atoms with Crippen molar-refractivity contribution in [1.82, 2.24) is 0 Å². The van der Waals surface area contributed by atoms with Gasteiger partial charge in [0, 0.05) is 0 Å². The van der Waals surface area contributed by atoms with Crippen LogP contribution in [0.5, 0.6) is 0 Å². The Bertz CT molecular complexity index is 276. The van der Waals surface area contributed by atoms with Gasteiger partial charge in [0.1, 0.15) is 12.7 Å². The van der Waals surface area contributed by atoms with Crippen molar-refractivity contribution < 1.29 is 27.7 Å². The first-order valence-electron chi connectivity index (χ1n) is 3.92. The molecule has 2 rings (SSSR count). The lowest BCUT2D eigenvalue weighted by Gasteiger charge is -2.09. The number of carbonyl (C=O) groups excluding carboxylic acids is 1. The summed E-state index contributed by atoms with van der Waals surface area (Å²) in [6.45, 7) is 1.96. The van der Waals surface area contributed by atoms with Gasteiger partial charge in [0.25, 0.3) is 0 Å². The molecule has 2 heterocycles. The lowest BCUT2D eigenvalue weighted by atomic mass is 10.3. The largest absolute Gasteiger partial charge is 0.476 e. The number of carbonyl (C=O) groups is 1. The molecule has 0 bridgehead atoms. The van der Waals surface area contributed by atoms with Crippen LogP contribution in [0.15, 0.2) is 0 Å². The minimum atomic E-state index is -3.49. The molecule has 0 amide bonds. The average Bonchev–Trinajstić information content (AvgIpc) is 2.52. The Kier molecular flexibility index (Phi) is 2.15. The zero-order chi connectivity index (χ0) is 9.47. The number of fused-ring (bicyclic) bond motifs is 1. The van der Waals surface area contributed by atoms with Crippen LogP contribution in [0.25, 0.3) is 0 Å². The molecular weight excluding hydrogens is 199 g/mol. The summed E-state index contributed by atoms with van der Waals surface area (Å²) in [5.41, 5.74) is 0. The third kappa shape index (κ3) is 1.50. The number of phosphoric ester groups is 1. The Morgan fingerprint density at radius 3 is 3.00 bits per heavy atom. The fraction of sp³-hybridized carbons (Fsp3) is 0.833. The van der Waals surface area contributed by atoms with Gasteiger partial charge in [0.05, 0.1) is 6.61 Å². The van der Waals surface area contributed by atoms with Crippen LogP contribution in [0.3, 0.4) is 0 Å². The highest BCUT2D eigenvalue weighted by atomic mass is 31.2. The minimum Gasteiger partial charge on any atom is -0.461 e. The maximum atomic E-state index is 11.5. The SMILES string of the molecule is CCOP1(=O)OC2COC(=O)C2O1. The molecule has 0 aromatic rings. The molecule has 2 aliphatic heterocycles. The van der Waals surface area contributed by atoms with E-state index in [1.165, 1.54) is 0 Å². The maximum Gasteiger partial charge on any atom is 0.476 e. The molecule has 2 fully saturated rings. The van der Waals surface area contributed by atoms with Gasteiger partial charge in [0.15, 0.2) is 6.10 Å². The Balaban J connectivity index is 2.09. The van der Waals surface area contributed by atoms with Gasteiger partial charge in [-0.3, -0.25) is 13.6 Å². The highest BCUT2D eigenvalue weighted by Gasteiger charge is 2.54. The molecule has 0 N–H and O–H groups in total. The van der Waals surface area contributed by atoms with E-state index in [9.17, 15) is 9.36 Å². The zero-order valence-electron chi connectivity index (χ0n) is 6.97. The quantitative estimate of drug-likeness (QED) is 0.485. The van der Waals surface area contributed by atoms with Crippen molar-refractivity contribution in [2.24, 2.45) is 0 Å². The second-order valence-electron chi connectivity index (χ2n) is 2.66. The Labute approximate surface area is 74.7 Å². The van der Waals surface area contributed by atoms with E-state index in [1.54, 1.807) is 6.92 Å². The van der Waals surface area contributed by atoms with E-state index < -0.39 is 26.0 Å². The molecule has 0 aromatic carbocycles. The van der Waals surface area contributed by atoms with Crippen LogP contribution in [0.4, 0.5) is 0 Å². The first-order valence-corrected chi connectivity index (χ1v) is 5.39. The van der Waals surface area contributed by atoms with E-state index in [4.69, 9.17) is 13.6 Å². The molecule has 3 unspecified atom stereocenters. The van der Waals surface area contributed by atoms with Crippen molar-refractivity contribution in [1.29, 1.82) is 0 Å². The molecular formula is C6H9O6P. The summed E-state index contributed by atoms with van der Waals surface area (Å²) in [6, 6.07) is 0. The van der Waals surface area contributed by atoms with Crippen LogP contribution in [0, 0.1) is 0 Å². The van der Waals surface area contributed by atoms with E-state index in [0.717, 1.165) is 0 Å². The van der Waals surface area contributed by atoms with E-state index in [1.807, 2.05) is 0 Å². The van der Waals surface area contributed by atoms with Crippen LogP contribution in [0.2, 0.25) is 0 Å². The lowest BCUT2D eigenvalue weighted by molar-refractivity contribution is -0.143. The number of phosphoric acid groups is 1. The molecule has 0 aromatic heterocycles. The number of ether oxygens (including phenoxy) is 1. The van der Waals surface area contributed by atoms with E-state index >= 15 is 0 Å². The normalized spacial score (nSPS) is 43.3. The van der Waals surface area contributed by atoms with Crippen LogP contribution in [-0.2, 0) is 27.7 Å². The van der Waals surface area contributed by atoms with E-state index in [-0.39, 0.29) is 13.2 Å². The van der Waals surface area contributed by atoms with Gasteiger partial charge in [-0.15, -0.1) is 0 Å². The van der Waals surface area contributed by atoms with Gasteiger partial charge < -0.3 is 4.74 Å². The third-order valence-electron chi connectivity index (χ3n) is 1.75. The third-order valence-corrected chi connectivity index (χ3v) is 3.34. The number of hydrogen-bond donors (Lipinski definition) is 0. The smallest absolute Gasteiger partial charge is 0.461 e. The zero-order valence-corrected chi connectivity index (χ0v) is 7.86. The Hall–Kier alpha value is -0.420. The Morgan fingerprint density at radius 1 is 1.62 bits per heavy atom. The topological polar surface area (TPSA) is 71.1 Å². The Morgan fingerprint density at radius 2 is 2.38 bits per heavy atom. The van der Waals surface area contributed by atoms with Crippen molar-refractivity contribution in [2.75, 3.05) is 13.2 Å². The summed E-state index contributed by atoms with van der Waals surface area (Å²) in [6.07, 6.45) is -1.46. The van der Waals surface area contributed by atoms with Crippen LogP contribution in [-0.4, -0.2) is 31.4 Å². The number of cyclic esters (lactones) is 1. The predicted octanol–water partition coefficient (Wildman–Crippen LogP) is 0.472. The molecule has 74 valence electrons. The minimum absolute atomic E-state index is 0.0839. The van der Waals surface area contributed by atoms with Crippen LogP contribution < -0.4 is 0 Å². The van der Waals surface area contributed by atoms with Crippen molar-refractivity contribution in [2.45, 2.75) is 19.1 Å². The van der Waals surface area contributed by atoms with Gasteiger partial charge in [-0.2, -0.15) is 0 Å². The summed E-state index contributed by atoms with van der Waals surface area (Å²) < 4.78 is 30.7. The maximum absolute atomic E-state index is 11.5. The molecule has 0 aliphatic carbocycles. The van der Waals surface area contributed by atoms with Gasteiger partial charge in [-0.1, -0.05) is 0 Å². The predicted molar refractivity (Wildman–Crippen MR) is 39.9 cm³/mol. The van der Waals surface area contributed by atoms with E-state index in [0.29, 0.717) is 0 Å². The molecule has 0 radical (unpaired) electrons. The summed E-state index contributed by atoms with van der Waals surface area (Å²) in [7, 11) is -3.49. The molecule has 0 spiro atoms. The standard InChI is InChI=1S/C6H9O6P/c1-2-10-13(8)11-4-3-9-6(7)5(4)12-13/h4-5H,2-3H2,1H3. The number of rotatable bonds is 2. The second kappa shape index (κ2) is 3.06. The fourth-order valence-electron chi connectivity index (χ4n) is 1.23. The molecule has 13 heavy (non-hydrogen) atoms. The first kappa shape index (κ1) is 9.15. The van der Waals surface area contributed by atoms with E-state index in [2.05, 4.69) is 4.74 Å². The van der Waals surface area contributed by atoms with Crippen molar-refractivity contribution in [3.8, 4) is 0 Å². The van der Waals surface area contributed by atoms with Gasteiger partial charge >= 0.3 is 13.8 Å². The van der Waals surface area contributed by atoms with Crippen LogP contribution >= 0.6 is 7.82 Å². The van der Waals surface area contributed by atoms with Gasteiger partial charge in [0.2, 0.25) is 0 Å². The number of esters is 1. The molecule has 2 saturated heterocycles. The summed E-state index contributed by atoms with van der Waals surface area (Å²) in [5.74, 6) is -0.539. The highest BCUT2D eigenvalue weighted by molar-refractivity contribution is 7.48. The van der Waals surface area contributed by atoms with Gasteiger partial charge in [-0.25, -0.2) is 9.36 Å². The van der Waals surface area contributed by atoms with Crippen molar-refractivity contribution in [3.63, 3.8) is 0 Å². The average molecular weight is 208 g/mol. The van der Waals surface area contributed by atoms with Crippen LogP contribution in [0.1, 0.15) is 6.92 Å². The summed E-state index contributed by atoms with van der Waals surface area (Å²) in [4.78, 5) is 10.9. The second-order valence-corrected chi connectivity index (χ2v) is 4.24. The molecule has 0 saturated carbocycles. The van der Waals surface area contributed by atoms with Crippen molar-refractivity contribution in [3.05, 3.63) is 0 Å². The summed E-state index contributed by atoms with van der Waals surface area (Å²) in [5, 5.41) is 0. The highest BCUT2D eigenvalue weighted by Crippen LogP contribution is 2.58. The molecule has 7 heteroatoms. The molecule has 3 atom stereocenters. The van der Waals surface area contributed by atoms with Crippen molar-refractivity contribution >= 4 is 13.8 Å².